The molecule has 4 rings (SSSR count). The zero-order valence-corrected chi connectivity index (χ0v) is 16.3. The van der Waals surface area contributed by atoms with Crippen molar-refractivity contribution in [2.24, 2.45) is 0 Å². The number of amides is 2. The highest BCUT2D eigenvalue weighted by atomic mass is 35.5. The zero-order valence-electron chi connectivity index (χ0n) is 15.5. The van der Waals surface area contributed by atoms with Crippen LogP contribution in [-0.4, -0.2) is 55.5 Å². The first kappa shape index (κ1) is 19.5. The highest BCUT2D eigenvalue weighted by Gasteiger charge is 2.32. The van der Waals surface area contributed by atoms with Gasteiger partial charge in [0.2, 0.25) is 5.88 Å². The number of hydrogen-bond donors (Lipinski definition) is 1. The molecule has 3 heterocycles. The Hall–Kier alpha value is -2.84. The number of para-hydroxylation sites is 1. The van der Waals surface area contributed by atoms with Crippen molar-refractivity contribution >= 4 is 29.3 Å². The molecule has 0 bridgehead atoms. The van der Waals surface area contributed by atoms with E-state index in [-0.39, 0.29) is 29.5 Å². The van der Waals surface area contributed by atoms with Gasteiger partial charge >= 0.3 is 6.09 Å². The molecule has 2 fully saturated rings. The number of pyridine rings is 1. The average molecular weight is 418 g/mol. The van der Waals surface area contributed by atoms with Crippen molar-refractivity contribution in [2.75, 3.05) is 31.2 Å². The monoisotopic (exact) mass is 417 g/mol. The Kier molecular flexibility index (Phi) is 5.82. The first-order chi connectivity index (χ1) is 14.1. The molecule has 9 heteroatoms. The number of anilines is 1. The summed E-state index contributed by atoms with van der Waals surface area (Å²) in [4.78, 5) is 30.2. The molecule has 0 aliphatic carbocycles. The minimum Gasteiger partial charge on any atom is -0.471 e. The van der Waals surface area contributed by atoms with Crippen molar-refractivity contribution in [3.8, 4) is 5.88 Å². The van der Waals surface area contributed by atoms with Crippen LogP contribution in [0.3, 0.4) is 0 Å². The molecule has 1 N–H and O–H groups in total. The standard InChI is InChI=1S/C20H20ClN3O5/c21-17-8-13(9-23-19(17)28-15-6-7-27-12-15)18(25)22-10-16-11-24(20(26)29-16)14-4-2-1-3-5-14/h1-5,8-9,15-16H,6-7,10-12H2,(H,22,25). The van der Waals surface area contributed by atoms with Gasteiger partial charge in [0.05, 0.1) is 31.9 Å². The molecule has 8 nitrogen and oxygen atoms in total. The van der Waals surface area contributed by atoms with E-state index in [4.69, 9.17) is 25.8 Å². The highest BCUT2D eigenvalue weighted by molar-refractivity contribution is 6.32. The third kappa shape index (κ3) is 4.60. The summed E-state index contributed by atoms with van der Waals surface area (Å²) in [6, 6.07) is 10.7. The van der Waals surface area contributed by atoms with Crippen LogP contribution in [0.15, 0.2) is 42.6 Å². The number of nitrogens with one attached hydrogen (secondary N) is 1. The fourth-order valence-corrected chi connectivity index (χ4v) is 3.37. The van der Waals surface area contributed by atoms with E-state index in [2.05, 4.69) is 10.3 Å². The SMILES string of the molecule is O=C(NCC1CN(c2ccccc2)C(=O)O1)c1cnc(OC2CCOC2)c(Cl)c1. The Balaban J connectivity index is 1.31. The van der Waals surface area contributed by atoms with E-state index in [0.717, 1.165) is 12.1 Å². The number of ether oxygens (including phenoxy) is 3. The fourth-order valence-electron chi connectivity index (χ4n) is 3.16. The number of cyclic esters (lactones) is 1. The molecule has 0 radical (unpaired) electrons. The summed E-state index contributed by atoms with van der Waals surface area (Å²) in [6.45, 7) is 1.69. The molecule has 1 aromatic carbocycles. The van der Waals surface area contributed by atoms with Crippen LogP contribution in [0.5, 0.6) is 5.88 Å². The molecule has 2 aliphatic rings. The fraction of sp³-hybridized carbons (Fsp3) is 0.350. The molecule has 1 aromatic heterocycles. The molecule has 0 spiro atoms. The van der Waals surface area contributed by atoms with Gasteiger partial charge in [-0.15, -0.1) is 0 Å². The Labute approximate surface area is 172 Å². The van der Waals surface area contributed by atoms with Crippen LogP contribution >= 0.6 is 11.6 Å². The minimum absolute atomic E-state index is 0.0794. The third-order valence-electron chi connectivity index (χ3n) is 4.67. The van der Waals surface area contributed by atoms with Gasteiger partial charge < -0.3 is 19.5 Å². The van der Waals surface area contributed by atoms with E-state index in [9.17, 15) is 9.59 Å². The van der Waals surface area contributed by atoms with Crippen molar-refractivity contribution in [3.05, 3.63) is 53.2 Å². The maximum atomic E-state index is 12.4. The van der Waals surface area contributed by atoms with Crippen molar-refractivity contribution in [3.63, 3.8) is 0 Å². The average Bonchev–Trinajstić information content (AvgIpc) is 3.38. The number of benzene rings is 1. The molecule has 2 aromatic rings. The summed E-state index contributed by atoms with van der Waals surface area (Å²) < 4.78 is 16.3. The second-order valence-electron chi connectivity index (χ2n) is 6.78. The quantitative estimate of drug-likeness (QED) is 0.777. The number of rotatable bonds is 6. The Morgan fingerprint density at radius 1 is 1.34 bits per heavy atom. The first-order valence-electron chi connectivity index (χ1n) is 9.31. The second kappa shape index (κ2) is 8.67. The summed E-state index contributed by atoms with van der Waals surface area (Å²) in [6.07, 6.45) is 1.23. The number of carbonyl (C=O) groups excluding carboxylic acids is 2. The lowest BCUT2D eigenvalue weighted by Crippen LogP contribution is -2.34. The molecule has 2 unspecified atom stereocenters. The smallest absolute Gasteiger partial charge is 0.414 e. The number of aromatic nitrogens is 1. The van der Waals surface area contributed by atoms with Gasteiger partial charge in [-0.05, 0) is 18.2 Å². The topological polar surface area (TPSA) is 90.0 Å². The molecule has 2 atom stereocenters. The summed E-state index contributed by atoms with van der Waals surface area (Å²) in [5.74, 6) is -0.0775. The molecular formula is C20H20ClN3O5. The van der Waals surface area contributed by atoms with Crippen LogP contribution in [-0.2, 0) is 9.47 Å². The number of nitrogens with zero attached hydrogens (tertiary/aromatic N) is 2. The maximum Gasteiger partial charge on any atom is 0.414 e. The number of hydrogen-bond acceptors (Lipinski definition) is 6. The Bertz CT molecular complexity index is 889. The van der Waals surface area contributed by atoms with Crippen molar-refractivity contribution in [1.29, 1.82) is 0 Å². The van der Waals surface area contributed by atoms with Crippen LogP contribution in [0.4, 0.5) is 10.5 Å². The second-order valence-corrected chi connectivity index (χ2v) is 7.18. The molecule has 0 saturated carbocycles. The van der Waals surface area contributed by atoms with Gasteiger partial charge in [0.25, 0.3) is 5.91 Å². The molecule has 2 aliphatic heterocycles. The van der Waals surface area contributed by atoms with Crippen LogP contribution in [0.2, 0.25) is 5.02 Å². The molecule has 2 amide bonds. The molecule has 2 saturated heterocycles. The minimum atomic E-state index is -0.444. The van der Waals surface area contributed by atoms with E-state index < -0.39 is 12.2 Å². The first-order valence-corrected chi connectivity index (χ1v) is 9.69. The van der Waals surface area contributed by atoms with E-state index in [0.29, 0.717) is 25.3 Å². The Morgan fingerprint density at radius 2 is 2.17 bits per heavy atom. The number of halogens is 1. The summed E-state index contributed by atoms with van der Waals surface area (Å²) in [7, 11) is 0. The van der Waals surface area contributed by atoms with E-state index in [1.807, 2.05) is 30.3 Å². The highest BCUT2D eigenvalue weighted by Crippen LogP contribution is 2.25. The van der Waals surface area contributed by atoms with Gasteiger partial charge in [0.15, 0.2) is 0 Å². The van der Waals surface area contributed by atoms with E-state index in [1.165, 1.54) is 17.2 Å². The van der Waals surface area contributed by atoms with Crippen molar-refractivity contribution in [1.82, 2.24) is 10.3 Å². The normalized spacial score (nSPS) is 21.1. The molecule has 29 heavy (non-hydrogen) atoms. The van der Waals surface area contributed by atoms with Crippen LogP contribution < -0.4 is 15.0 Å². The lowest BCUT2D eigenvalue weighted by molar-refractivity contribution is 0.0915. The summed E-state index contributed by atoms with van der Waals surface area (Å²) in [5.41, 5.74) is 1.06. The van der Waals surface area contributed by atoms with Gasteiger partial charge in [0, 0.05) is 18.3 Å². The Morgan fingerprint density at radius 3 is 2.90 bits per heavy atom. The van der Waals surface area contributed by atoms with Crippen LogP contribution in [0.1, 0.15) is 16.8 Å². The summed E-state index contributed by atoms with van der Waals surface area (Å²) >= 11 is 6.20. The summed E-state index contributed by atoms with van der Waals surface area (Å²) in [5, 5.41) is 3.01. The lowest BCUT2D eigenvalue weighted by atomic mass is 10.2. The van der Waals surface area contributed by atoms with Crippen LogP contribution in [0.25, 0.3) is 0 Å². The van der Waals surface area contributed by atoms with Gasteiger partial charge in [-0.3, -0.25) is 9.69 Å². The molecular weight excluding hydrogens is 398 g/mol. The maximum absolute atomic E-state index is 12.4. The van der Waals surface area contributed by atoms with E-state index >= 15 is 0 Å². The number of carbonyl (C=O) groups is 2. The predicted molar refractivity (Wildman–Crippen MR) is 105 cm³/mol. The van der Waals surface area contributed by atoms with Gasteiger partial charge in [-0.25, -0.2) is 9.78 Å². The van der Waals surface area contributed by atoms with Gasteiger partial charge in [0.1, 0.15) is 17.2 Å². The predicted octanol–water partition coefficient (Wildman–Crippen LogP) is 2.66. The largest absolute Gasteiger partial charge is 0.471 e. The van der Waals surface area contributed by atoms with Gasteiger partial charge in [-0.1, -0.05) is 29.8 Å². The molecule has 152 valence electrons. The van der Waals surface area contributed by atoms with Gasteiger partial charge in [-0.2, -0.15) is 0 Å². The van der Waals surface area contributed by atoms with Crippen LogP contribution in [0, 0.1) is 0 Å². The third-order valence-corrected chi connectivity index (χ3v) is 4.94. The van der Waals surface area contributed by atoms with E-state index in [1.54, 1.807) is 0 Å². The zero-order chi connectivity index (χ0) is 20.2. The lowest BCUT2D eigenvalue weighted by Gasteiger charge is -2.14. The van der Waals surface area contributed by atoms with Crippen molar-refractivity contribution in [2.45, 2.75) is 18.6 Å². The van der Waals surface area contributed by atoms with Crippen molar-refractivity contribution < 1.29 is 23.8 Å².